The Bertz CT molecular complexity index is 1130. The van der Waals surface area contributed by atoms with Crippen LogP contribution in [0.3, 0.4) is 0 Å². The van der Waals surface area contributed by atoms with Crippen LogP contribution in [-0.4, -0.2) is 35.2 Å². The number of quaternary nitrogens is 1. The van der Waals surface area contributed by atoms with E-state index in [9.17, 15) is 0 Å². The summed E-state index contributed by atoms with van der Waals surface area (Å²) in [5, 5.41) is 1.16. The van der Waals surface area contributed by atoms with Gasteiger partial charge in [-0.1, -0.05) is 60.5 Å². The number of nitrogens with zero attached hydrogens (tertiary/aromatic N) is 2. The quantitative estimate of drug-likeness (QED) is 0.283. The first kappa shape index (κ1) is 20.9. The second kappa shape index (κ2) is 8.90. The van der Waals surface area contributed by atoms with E-state index >= 15 is 0 Å². The molecule has 3 nitrogen and oxygen atoms in total. The standard InChI is InChI=1S/C29H31N2O/c1-3-18-32-29(26-14-16-30-27-13-9-8-12-25(26)27)28-19-24-15-17-31(28,21-23(24)4-2)20-22-10-6-5-7-11-22/h1,4-14,16,23-24,28-29H,2,15,17-21H2/q+1/t23-,24-,28+,29-,31?/m0/s1. The normalized spacial score (nSPS) is 27.7. The maximum Gasteiger partial charge on any atom is 0.136 e. The lowest BCUT2D eigenvalue weighted by Crippen LogP contribution is -2.67. The van der Waals surface area contributed by atoms with E-state index in [1.807, 2.05) is 12.3 Å². The molecule has 162 valence electrons. The average molecular weight is 424 g/mol. The van der Waals surface area contributed by atoms with Gasteiger partial charge in [-0.2, -0.15) is 0 Å². The van der Waals surface area contributed by atoms with Gasteiger partial charge in [0, 0.05) is 35.9 Å². The molecule has 4 heterocycles. The third kappa shape index (κ3) is 3.75. The fourth-order valence-electron chi connectivity index (χ4n) is 6.22. The Hall–Kier alpha value is -2.93. The number of terminal acetylenes is 1. The first-order chi connectivity index (χ1) is 15.7. The molecule has 1 aromatic heterocycles. The lowest BCUT2D eigenvalue weighted by Gasteiger charge is -2.58. The Morgan fingerprint density at radius 1 is 1.16 bits per heavy atom. The monoisotopic (exact) mass is 423 g/mol. The van der Waals surface area contributed by atoms with Crippen molar-refractivity contribution in [3.63, 3.8) is 0 Å². The minimum absolute atomic E-state index is 0.0590. The van der Waals surface area contributed by atoms with E-state index < -0.39 is 0 Å². The summed E-state index contributed by atoms with van der Waals surface area (Å²) in [6.07, 6.45) is 12.1. The Kier molecular flexibility index (Phi) is 5.83. The molecule has 3 aliphatic rings. The number of piperidine rings is 3. The predicted molar refractivity (Wildman–Crippen MR) is 130 cm³/mol. The summed E-state index contributed by atoms with van der Waals surface area (Å²) in [5.41, 5.74) is 3.61. The molecule has 2 aromatic carbocycles. The summed E-state index contributed by atoms with van der Waals surface area (Å²) < 4.78 is 7.53. The minimum Gasteiger partial charge on any atom is -0.355 e. The van der Waals surface area contributed by atoms with Crippen molar-refractivity contribution < 1.29 is 9.22 Å². The molecule has 1 unspecified atom stereocenters. The molecule has 0 radical (unpaired) electrons. The van der Waals surface area contributed by atoms with Crippen LogP contribution >= 0.6 is 0 Å². The van der Waals surface area contributed by atoms with Gasteiger partial charge in [0.2, 0.25) is 0 Å². The number of benzene rings is 2. The number of fused-ring (bicyclic) bond motifs is 4. The summed E-state index contributed by atoms with van der Waals surface area (Å²) in [6, 6.07) is 21.8. The van der Waals surface area contributed by atoms with Crippen molar-refractivity contribution >= 4 is 10.9 Å². The molecule has 0 N–H and O–H groups in total. The molecule has 5 atom stereocenters. The second-order valence-corrected chi connectivity index (χ2v) is 9.37. The van der Waals surface area contributed by atoms with Crippen LogP contribution < -0.4 is 0 Å². The van der Waals surface area contributed by atoms with E-state index in [1.165, 1.54) is 24.1 Å². The SMILES string of the molecule is C#CCO[C@@H](c1ccnc2ccccc12)[C@H]1C[C@@H]2CC[N+]1(Cc1ccccc1)C[C@@H]2C=C. The van der Waals surface area contributed by atoms with Gasteiger partial charge < -0.3 is 9.22 Å². The van der Waals surface area contributed by atoms with Crippen LogP contribution in [0.15, 0.2) is 79.5 Å². The molecule has 3 saturated heterocycles. The van der Waals surface area contributed by atoms with Crippen molar-refractivity contribution in [1.29, 1.82) is 0 Å². The van der Waals surface area contributed by atoms with Gasteiger partial charge >= 0.3 is 0 Å². The molecule has 3 aliphatic heterocycles. The highest BCUT2D eigenvalue weighted by Crippen LogP contribution is 2.49. The topological polar surface area (TPSA) is 22.1 Å². The van der Waals surface area contributed by atoms with Crippen LogP contribution in [0.1, 0.15) is 30.1 Å². The van der Waals surface area contributed by atoms with Crippen molar-refractivity contribution in [3.05, 3.63) is 90.6 Å². The zero-order chi connectivity index (χ0) is 22.0. The predicted octanol–water partition coefficient (Wildman–Crippen LogP) is 5.54. The van der Waals surface area contributed by atoms with Crippen LogP contribution in [-0.2, 0) is 11.3 Å². The van der Waals surface area contributed by atoms with E-state index in [0.29, 0.717) is 24.5 Å². The van der Waals surface area contributed by atoms with Gasteiger partial charge in [-0.3, -0.25) is 4.98 Å². The number of para-hydroxylation sites is 1. The highest BCUT2D eigenvalue weighted by Gasteiger charge is 2.54. The molecule has 0 aliphatic carbocycles. The van der Waals surface area contributed by atoms with Gasteiger partial charge in [-0.15, -0.1) is 13.0 Å². The third-order valence-electron chi connectivity index (χ3n) is 7.70. The molecule has 3 fully saturated rings. The molecule has 32 heavy (non-hydrogen) atoms. The van der Waals surface area contributed by atoms with Crippen molar-refractivity contribution in [2.45, 2.75) is 31.5 Å². The Morgan fingerprint density at radius 3 is 2.78 bits per heavy atom. The molecule has 2 bridgehead atoms. The maximum absolute atomic E-state index is 6.50. The van der Waals surface area contributed by atoms with Crippen LogP contribution in [0.5, 0.6) is 0 Å². The van der Waals surface area contributed by atoms with Crippen LogP contribution in [0.2, 0.25) is 0 Å². The summed E-state index contributed by atoms with van der Waals surface area (Å²) in [7, 11) is 0. The molecule has 3 aromatic rings. The molecule has 0 saturated carbocycles. The van der Waals surface area contributed by atoms with Gasteiger partial charge in [0.15, 0.2) is 0 Å². The molecule has 6 rings (SSSR count). The lowest BCUT2D eigenvalue weighted by atomic mass is 9.71. The highest BCUT2D eigenvalue weighted by atomic mass is 16.5. The van der Waals surface area contributed by atoms with E-state index in [2.05, 4.69) is 78.2 Å². The molecular weight excluding hydrogens is 392 g/mol. The van der Waals surface area contributed by atoms with E-state index in [0.717, 1.165) is 34.9 Å². The van der Waals surface area contributed by atoms with Gasteiger partial charge in [0.05, 0.1) is 18.6 Å². The first-order valence-corrected chi connectivity index (χ1v) is 11.6. The molecule has 0 spiro atoms. The van der Waals surface area contributed by atoms with Gasteiger partial charge in [-0.05, 0) is 23.6 Å². The number of pyridine rings is 1. The summed E-state index contributed by atoms with van der Waals surface area (Å²) in [4.78, 5) is 4.59. The largest absolute Gasteiger partial charge is 0.355 e. The van der Waals surface area contributed by atoms with E-state index in [4.69, 9.17) is 11.2 Å². The fourth-order valence-corrected chi connectivity index (χ4v) is 6.22. The molecule has 0 amide bonds. The van der Waals surface area contributed by atoms with E-state index in [1.54, 1.807) is 0 Å². The van der Waals surface area contributed by atoms with Crippen molar-refractivity contribution in [2.75, 3.05) is 19.7 Å². The van der Waals surface area contributed by atoms with Gasteiger partial charge in [0.25, 0.3) is 0 Å². The summed E-state index contributed by atoms with van der Waals surface area (Å²) in [5.74, 6) is 3.95. The number of hydrogen-bond donors (Lipinski definition) is 0. The van der Waals surface area contributed by atoms with Crippen LogP contribution in [0.4, 0.5) is 0 Å². The first-order valence-electron chi connectivity index (χ1n) is 11.6. The Balaban J connectivity index is 1.60. The molecular formula is C29H31N2O+. The number of ether oxygens (including phenoxy) is 1. The van der Waals surface area contributed by atoms with Gasteiger partial charge in [-0.25, -0.2) is 0 Å². The lowest BCUT2D eigenvalue weighted by molar-refractivity contribution is -0.985. The summed E-state index contributed by atoms with van der Waals surface area (Å²) in [6.45, 7) is 7.81. The van der Waals surface area contributed by atoms with Gasteiger partial charge in [0.1, 0.15) is 25.3 Å². The van der Waals surface area contributed by atoms with Crippen molar-refractivity contribution in [1.82, 2.24) is 4.98 Å². The van der Waals surface area contributed by atoms with Crippen molar-refractivity contribution in [2.24, 2.45) is 11.8 Å². The van der Waals surface area contributed by atoms with Crippen LogP contribution in [0, 0.1) is 24.2 Å². The third-order valence-corrected chi connectivity index (χ3v) is 7.70. The number of rotatable bonds is 7. The van der Waals surface area contributed by atoms with Crippen molar-refractivity contribution in [3.8, 4) is 12.3 Å². The fraction of sp³-hybridized carbons (Fsp3) is 0.345. The Labute approximate surface area is 191 Å². The zero-order valence-corrected chi connectivity index (χ0v) is 18.6. The van der Waals surface area contributed by atoms with Crippen LogP contribution in [0.25, 0.3) is 10.9 Å². The number of aromatic nitrogens is 1. The number of hydrogen-bond acceptors (Lipinski definition) is 2. The maximum atomic E-state index is 6.50. The Morgan fingerprint density at radius 2 is 1.97 bits per heavy atom. The molecule has 3 heteroatoms. The minimum atomic E-state index is -0.0590. The average Bonchev–Trinajstić information content (AvgIpc) is 2.85. The smallest absolute Gasteiger partial charge is 0.136 e. The summed E-state index contributed by atoms with van der Waals surface area (Å²) >= 11 is 0. The van der Waals surface area contributed by atoms with E-state index in [-0.39, 0.29) is 6.10 Å². The highest BCUT2D eigenvalue weighted by molar-refractivity contribution is 5.82. The second-order valence-electron chi connectivity index (χ2n) is 9.37. The zero-order valence-electron chi connectivity index (χ0n) is 18.6.